The van der Waals surface area contributed by atoms with Crippen molar-refractivity contribution in [2.24, 2.45) is 0 Å². The summed E-state index contributed by atoms with van der Waals surface area (Å²) in [6.07, 6.45) is 0. The van der Waals surface area contributed by atoms with Gasteiger partial charge in [0.15, 0.2) is 0 Å². The second-order valence-corrected chi connectivity index (χ2v) is 3.35. The van der Waals surface area contributed by atoms with Crippen molar-refractivity contribution in [3.05, 3.63) is 35.9 Å². The second-order valence-electron chi connectivity index (χ2n) is 3.35. The molecule has 0 heterocycles. The summed E-state index contributed by atoms with van der Waals surface area (Å²) in [5, 5.41) is 8.95. The summed E-state index contributed by atoms with van der Waals surface area (Å²) < 4.78 is 0. The van der Waals surface area contributed by atoms with Crippen molar-refractivity contribution in [2.75, 3.05) is 20.6 Å². The molecule has 0 radical (unpaired) electrons. The number of rotatable bonds is 3. The lowest BCUT2D eigenvalue weighted by atomic mass is 10.0. The molecule has 0 aromatic heterocycles. The van der Waals surface area contributed by atoms with Crippen LogP contribution in [0.1, 0.15) is 11.5 Å². The van der Waals surface area contributed by atoms with Gasteiger partial charge in [0, 0.05) is 6.54 Å². The molecule has 0 amide bonds. The van der Waals surface area contributed by atoms with Crippen LogP contribution in [0.3, 0.4) is 0 Å². The van der Waals surface area contributed by atoms with Crippen molar-refractivity contribution in [1.29, 1.82) is 5.26 Å². The van der Waals surface area contributed by atoms with Gasteiger partial charge >= 0.3 is 0 Å². The minimum absolute atomic E-state index is 0.0174. The maximum absolute atomic E-state index is 8.95. The van der Waals surface area contributed by atoms with E-state index in [-0.39, 0.29) is 5.92 Å². The van der Waals surface area contributed by atoms with Crippen molar-refractivity contribution in [2.45, 2.75) is 5.92 Å². The lowest BCUT2D eigenvalue weighted by Gasteiger charge is -2.14. The van der Waals surface area contributed by atoms with Gasteiger partial charge in [-0.1, -0.05) is 30.3 Å². The molecule has 0 spiro atoms. The number of hydrogen-bond donors (Lipinski definition) is 0. The van der Waals surface area contributed by atoms with Crippen molar-refractivity contribution in [1.82, 2.24) is 4.90 Å². The van der Waals surface area contributed by atoms with E-state index >= 15 is 0 Å². The lowest BCUT2D eigenvalue weighted by molar-refractivity contribution is 0.398. The van der Waals surface area contributed by atoms with E-state index in [0.717, 1.165) is 12.1 Å². The van der Waals surface area contributed by atoms with Gasteiger partial charge in [-0.25, -0.2) is 0 Å². The average Bonchev–Trinajstić information content (AvgIpc) is 2.15. The highest BCUT2D eigenvalue weighted by molar-refractivity contribution is 5.24. The van der Waals surface area contributed by atoms with E-state index in [2.05, 4.69) is 6.07 Å². The molecular formula is C11H14N2. The molecule has 0 bridgehead atoms. The van der Waals surface area contributed by atoms with Gasteiger partial charge in [-0.3, -0.25) is 0 Å². The third-order valence-electron chi connectivity index (χ3n) is 1.91. The van der Waals surface area contributed by atoms with Gasteiger partial charge in [-0.05, 0) is 19.7 Å². The Labute approximate surface area is 79.4 Å². The summed E-state index contributed by atoms with van der Waals surface area (Å²) in [5.74, 6) is -0.0174. The number of benzene rings is 1. The number of likely N-dealkylation sites (N-methyl/N-ethyl adjacent to an activating group) is 1. The Kier molecular flexibility index (Phi) is 3.48. The molecule has 1 atom stereocenters. The monoisotopic (exact) mass is 174 g/mol. The third-order valence-corrected chi connectivity index (χ3v) is 1.91. The Bertz CT molecular complexity index is 285. The summed E-state index contributed by atoms with van der Waals surface area (Å²) in [7, 11) is 3.96. The van der Waals surface area contributed by atoms with Crippen molar-refractivity contribution in [3.8, 4) is 6.07 Å². The van der Waals surface area contributed by atoms with Crippen LogP contribution < -0.4 is 0 Å². The fourth-order valence-corrected chi connectivity index (χ4v) is 1.27. The molecule has 1 aromatic rings. The zero-order chi connectivity index (χ0) is 9.68. The molecular weight excluding hydrogens is 160 g/mol. The first-order chi connectivity index (χ1) is 6.24. The zero-order valence-corrected chi connectivity index (χ0v) is 8.07. The molecule has 0 saturated heterocycles. The Morgan fingerprint density at radius 1 is 1.31 bits per heavy atom. The zero-order valence-electron chi connectivity index (χ0n) is 8.07. The first-order valence-corrected chi connectivity index (χ1v) is 4.33. The van der Waals surface area contributed by atoms with Crippen molar-refractivity contribution >= 4 is 0 Å². The van der Waals surface area contributed by atoms with Crippen LogP contribution in [-0.2, 0) is 0 Å². The Morgan fingerprint density at radius 3 is 2.38 bits per heavy atom. The molecule has 2 nitrogen and oxygen atoms in total. The fourth-order valence-electron chi connectivity index (χ4n) is 1.27. The normalized spacial score (nSPS) is 12.5. The van der Waals surface area contributed by atoms with Crippen LogP contribution in [0.4, 0.5) is 0 Å². The molecule has 0 saturated carbocycles. The highest BCUT2D eigenvalue weighted by Gasteiger charge is 2.10. The van der Waals surface area contributed by atoms with E-state index in [1.807, 2.05) is 49.3 Å². The fraction of sp³-hybridized carbons (Fsp3) is 0.364. The van der Waals surface area contributed by atoms with Crippen molar-refractivity contribution < 1.29 is 0 Å². The first-order valence-electron chi connectivity index (χ1n) is 4.33. The molecule has 2 heteroatoms. The standard InChI is InChI=1S/C11H14N2/c1-13(2)9-11(8-12)10-6-4-3-5-7-10/h3-7,11H,9H2,1-2H3/t11-/m0/s1. The molecule has 13 heavy (non-hydrogen) atoms. The molecule has 0 fully saturated rings. The number of nitrogens with zero attached hydrogens (tertiary/aromatic N) is 2. The van der Waals surface area contributed by atoms with Gasteiger partial charge < -0.3 is 4.90 Å². The Hall–Kier alpha value is -1.33. The molecule has 0 aliphatic rings. The van der Waals surface area contributed by atoms with Crippen LogP contribution in [0.25, 0.3) is 0 Å². The van der Waals surface area contributed by atoms with Crippen LogP contribution in [0, 0.1) is 11.3 Å². The van der Waals surface area contributed by atoms with E-state index < -0.39 is 0 Å². The second kappa shape index (κ2) is 4.64. The predicted octanol–water partition coefficient (Wildman–Crippen LogP) is 1.86. The smallest absolute Gasteiger partial charge is 0.0839 e. The first kappa shape index (κ1) is 9.76. The van der Waals surface area contributed by atoms with Crippen molar-refractivity contribution in [3.63, 3.8) is 0 Å². The average molecular weight is 174 g/mol. The summed E-state index contributed by atoms with van der Waals surface area (Å²) in [6.45, 7) is 0.778. The lowest BCUT2D eigenvalue weighted by Crippen LogP contribution is -2.19. The highest BCUT2D eigenvalue weighted by atomic mass is 15.1. The minimum Gasteiger partial charge on any atom is -0.308 e. The summed E-state index contributed by atoms with van der Waals surface area (Å²) in [6, 6.07) is 12.2. The van der Waals surface area contributed by atoms with Gasteiger partial charge in [0.25, 0.3) is 0 Å². The summed E-state index contributed by atoms with van der Waals surface area (Å²) >= 11 is 0. The van der Waals surface area contributed by atoms with Gasteiger partial charge in [-0.2, -0.15) is 5.26 Å². The largest absolute Gasteiger partial charge is 0.308 e. The molecule has 0 unspecified atom stereocenters. The van der Waals surface area contributed by atoms with Gasteiger partial charge in [0.2, 0.25) is 0 Å². The highest BCUT2D eigenvalue weighted by Crippen LogP contribution is 2.14. The topological polar surface area (TPSA) is 27.0 Å². The van der Waals surface area contributed by atoms with E-state index in [0.29, 0.717) is 0 Å². The molecule has 0 aliphatic heterocycles. The van der Waals surface area contributed by atoms with Gasteiger partial charge in [0.05, 0.1) is 12.0 Å². The summed E-state index contributed by atoms with van der Waals surface area (Å²) in [4.78, 5) is 2.03. The quantitative estimate of drug-likeness (QED) is 0.699. The van der Waals surface area contributed by atoms with Crippen LogP contribution in [0.5, 0.6) is 0 Å². The van der Waals surface area contributed by atoms with E-state index in [9.17, 15) is 0 Å². The third kappa shape index (κ3) is 2.89. The van der Waals surface area contributed by atoms with Crippen LogP contribution in [0.2, 0.25) is 0 Å². The molecule has 1 rings (SSSR count). The van der Waals surface area contributed by atoms with Gasteiger partial charge in [-0.15, -0.1) is 0 Å². The maximum atomic E-state index is 8.95. The van der Waals surface area contributed by atoms with Crippen LogP contribution >= 0.6 is 0 Å². The predicted molar refractivity (Wildman–Crippen MR) is 53.4 cm³/mol. The summed E-state index contributed by atoms with van der Waals surface area (Å²) in [5.41, 5.74) is 1.10. The van der Waals surface area contributed by atoms with E-state index in [1.54, 1.807) is 0 Å². The van der Waals surface area contributed by atoms with Gasteiger partial charge in [0.1, 0.15) is 0 Å². The van der Waals surface area contributed by atoms with E-state index in [1.165, 1.54) is 0 Å². The minimum atomic E-state index is -0.0174. The van der Waals surface area contributed by atoms with Crippen LogP contribution in [-0.4, -0.2) is 25.5 Å². The number of hydrogen-bond acceptors (Lipinski definition) is 2. The number of nitriles is 1. The molecule has 68 valence electrons. The Balaban J connectivity index is 2.75. The van der Waals surface area contributed by atoms with Crippen LogP contribution in [0.15, 0.2) is 30.3 Å². The molecule has 1 aromatic carbocycles. The maximum Gasteiger partial charge on any atom is 0.0839 e. The molecule has 0 N–H and O–H groups in total. The van der Waals surface area contributed by atoms with E-state index in [4.69, 9.17) is 5.26 Å². The molecule has 0 aliphatic carbocycles. The Morgan fingerprint density at radius 2 is 1.92 bits per heavy atom. The SMILES string of the molecule is CN(C)C[C@H](C#N)c1ccccc1.